The Morgan fingerprint density at radius 3 is 2.52 bits per heavy atom. The molecular formula is C17H15ClN2O. The maximum atomic E-state index is 12.4. The zero-order chi connectivity index (χ0) is 14.6. The smallest absolute Gasteiger partial charge is 0.248 e. The van der Waals surface area contributed by atoms with E-state index in [-0.39, 0.29) is 5.91 Å². The van der Waals surface area contributed by atoms with Gasteiger partial charge in [0.15, 0.2) is 0 Å². The van der Waals surface area contributed by atoms with Gasteiger partial charge in [-0.3, -0.25) is 9.69 Å². The summed E-state index contributed by atoms with van der Waals surface area (Å²) in [5, 5.41) is -0.510. The molecule has 0 aromatic heterocycles. The van der Waals surface area contributed by atoms with E-state index in [0.29, 0.717) is 0 Å². The average Bonchev–Trinajstić information content (AvgIpc) is 2.84. The van der Waals surface area contributed by atoms with Crippen molar-refractivity contribution in [1.82, 2.24) is 0 Å². The van der Waals surface area contributed by atoms with Crippen LogP contribution in [0.25, 0.3) is 0 Å². The highest BCUT2D eigenvalue weighted by atomic mass is 35.5. The van der Waals surface area contributed by atoms with E-state index in [9.17, 15) is 4.79 Å². The molecule has 4 rings (SSSR count). The van der Waals surface area contributed by atoms with Crippen molar-refractivity contribution in [3.63, 3.8) is 0 Å². The fourth-order valence-corrected chi connectivity index (χ4v) is 3.99. The summed E-state index contributed by atoms with van der Waals surface area (Å²) in [5.74, 6) is -0.0204. The molecule has 0 N–H and O–H groups in total. The van der Waals surface area contributed by atoms with E-state index < -0.39 is 10.9 Å². The number of anilines is 2. The van der Waals surface area contributed by atoms with Crippen LogP contribution in [0.15, 0.2) is 54.6 Å². The van der Waals surface area contributed by atoms with Crippen molar-refractivity contribution >= 4 is 28.9 Å². The van der Waals surface area contributed by atoms with E-state index in [2.05, 4.69) is 17.0 Å². The number of carbonyl (C=O) groups excluding carboxylic acids is 1. The molecule has 1 saturated heterocycles. The van der Waals surface area contributed by atoms with Crippen LogP contribution in [-0.4, -0.2) is 24.9 Å². The first-order valence-corrected chi connectivity index (χ1v) is 7.44. The highest BCUT2D eigenvalue weighted by Crippen LogP contribution is 2.54. The number of nitrogens with zero attached hydrogens (tertiary/aromatic N) is 2. The molecule has 2 unspecified atom stereocenters. The Kier molecular flexibility index (Phi) is 2.57. The van der Waals surface area contributed by atoms with Gasteiger partial charge in [0.25, 0.3) is 0 Å². The first-order chi connectivity index (χ1) is 10.2. The number of carbonyl (C=O) groups is 1. The lowest BCUT2D eigenvalue weighted by Gasteiger charge is -2.53. The second kappa shape index (κ2) is 4.25. The standard InChI is InChI=1S/C17H15ClN2O/c1-19-11-17(13-9-5-6-10-14(13)19)15(18)16(21)20(17)12-7-3-2-4-8-12/h2-10,15H,11H2,1H3. The maximum absolute atomic E-state index is 12.4. The van der Waals surface area contributed by atoms with Crippen molar-refractivity contribution < 1.29 is 4.79 Å². The van der Waals surface area contributed by atoms with Crippen LogP contribution in [-0.2, 0) is 10.3 Å². The predicted molar refractivity (Wildman–Crippen MR) is 85.0 cm³/mol. The molecule has 1 spiro atoms. The number of hydrogen-bond acceptors (Lipinski definition) is 2. The molecule has 106 valence electrons. The minimum absolute atomic E-state index is 0.0204. The van der Waals surface area contributed by atoms with E-state index in [0.717, 1.165) is 23.5 Å². The van der Waals surface area contributed by atoms with Gasteiger partial charge in [0.05, 0.1) is 0 Å². The third kappa shape index (κ3) is 1.47. The van der Waals surface area contributed by atoms with Gasteiger partial charge in [-0.25, -0.2) is 0 Å². The van der Waals surface area contributed by atoms with E-state index in [1.165, 1.54) is 0 Å². The molecule has 2 heterocycles. The van der Waals surface area contributed by atoms with E-state index in [1.54, 1.807) is 0 Å². The van der Waals surface area contributed by atoms with Crippen LogP contribution < -0.4 is 9.80 Å². The molecule has 2 aliphatic rings. The molecule has 0 radical (unpaired) electrons. The summed E-state index contributed by atoms with van der Waals surface area (Å²) < 4.78 is 0. The molecule has 1 fully saturated rings. The summed E-state index contributed by atoms with van der Waals surface area (Å²) in [6, 6.07) is 18.0. The van der Waals surface area contributed by atoms with E-state index >= 15 is 0 Å². The summed E-state index contributed by atoms with van der Waals surface area (Å²) in [4.78, 5) is 16.4. The minimum Gasteiger partial charge on any atom is -0.371 e. The third-order valence-corrected chi connectivity index (χ3v) is 5.08. The minimum atomic E-state index is -0.510. The number of amides is 1. The molecule has 0 aliphatic carbocycles. The number of hydrogen-bond donors (Lipinski definition) is 0. The van der Waals surface area contributed by atoms with Gasteiger partial charge in [0.2, 0.25) is 5.91 Å². The SMILES string of the molecule is CN1CC2(c3ccccc31)C(Cl)C(=O)N2c1ccccc1. The van der Waals surface area contributed by atoms with Crippen LogP contribution in [0.4, 0.5) is 11.4 Å². The summed E-state index contributed by atoms with van der Waals surface area (Å²) in [6.45, 7) is 0.723. The molecule has 2 aliphatic heterocycles. The first-order valence-electron chi connectivity index (χ1n) is 7.00. The molecule has 1 amide bonds. The Labute approximate surface area is 128 Å². The summed E-state index contributed by atoms with van der Waals surface area (Å²) in [6.07, 6.45) is 0. The summed E-state index contributed by atoms with van der Waals surface area (Å²) in [7, 11) is 2.04. The molecule has 2 atom stereocenters. The van der Waals surface area contributed by atoms with Crippen molar-refractivity contribution in [2.24, 2.45) is 0 Å². The fraction of sp³-hybridized carbons (Fsp3) is 0.235. The van der Waals surface area contributed by atoms with Gasteiger partial charge in [0.1, 0.15) is 10.9 Å². The van der Waals surface area contributed by atoms with Crippen molar-refractivity contribution in [2.45, 2.75) is 10.9 Å². The number of alkyl halides is 1. The van der Waals surface area contributed by atoms with Gasteiger partial charge in [-0.15, -0.1) is 11.6 Å². The Morgan fingerprint density at radius 2 is 1.76 bits per heavy atom. The van der Waals surface area contributed by atoms with Crippen molar-refractivity contribution in [2.75, 3.05) is 23.4 Å². The topological polar surface area (TPSA) is 23.6 Å². The lowest BCUT2D eigenvalue weighted by atomic mass is 9.78. The third-order valence-electron chi connectivity index (χ3n) is 4.53. The van der Waals surface area contributed by atoms with E-state index in [1.807, 2.05) is 54.4 Å². The van der Waals surface area contributed by atoms with Crippen molar-refractivity contribution in [1.29, 1.82) is 0 Å². The fourth-order valence-electron chi connectivity index (χ4n) is 3.61. The Morgan fingerprint density at radius 1 is 1.10 bits per heavy atom. The molecule has 0 bridgehead atoms. The lowest BCUT2D eigenvalue weighted by Crippen LogP contribution is -2.72. The predicted octanol–water partition coefficient (Wildman–Crippen LogP) is 2.99. The molecule has 4 heteroatoms. The zero-order valence-corrected chi connectivity index (χ0v) is 12.4. The molecular weight excluding hydrogens is 284 g/mol. The summed E-state index contributed by atoms with van der Waals surface area (Å²) >= 11 is 6.48. The number of benzene rings is 2. The normalized spacial score (nSPS) is 27.0. The second-order valence-corrected chi connectivity index (χ2v) is 6.11. The number of rotatable bonds is 1. The van der Waals surface area contributed by atoms with Crippen LogP contribution in [0, 0.1) is 0 Å². The van der Waals surface area contributed by atoms with Crippen LogP contribution in [0.3, 0.4) is 0 Å². The second-order valence-electron chi connectivity index (χ2n) is 5.67. The zero-order valence-electron chi connectivity index (χ0n) is 11.7. The molecule has 2 aromatic rings. The van der Waals surface area contributed by atoms with Crippen molar-refractivity contribution in [3.05, 3.63) is 60.2 Å². The average molecular weight is 299 g/mol. The highest BCUT2D eigenvalue weighted by molar-refractivity contribution is 6.38. The monoisotopic (exact) mass is 298 g/mol. The number of halogens is 1. The Balaban J connectivity index is 1.89. The van der Waals surface area contributed by atoms with E-state index in [4.69, 9.17) is 11.6 Å². The Bertz CT molecular complexity index is 718. The van der Waals surface area contributed by atoms with Gasteiger partial charge >= 0.3 is 0 Å². The lowest BCUT2D eigenvalue weighted by molar-refractivity contribution is -0.126. The molecule has 0 saturated carbocycles. The molecule has 3 nitrogen and oxygen atoms in total. The van der Waals surface area contributed by atoms with Gasteiger partial charge in [-0.1, -0.05) is 36.4 Å². The number of β-lactam (4-membered cyclic amide) rings is 1. The quantitative estimate of drug-likeness (QED) is 0.597. The van der Waals surface area contributed by atoms with Crippen molar-refractivity contribution in [3.8, 4) is 0 Å². The molecule has 21 heavy (non-hydrogen) atoms. The number of fused-ring (bicyclic) bond motifs is 2. The first kappa shape index (κ1) is 12.7. The Hall–Kier alpha value is -2.00. The number of likely N-dealkylation sites (N-methyl/N-ethyl adjacent to an activating group) is 1. The summed E-state index contributed by atoms with van der Waals surface area (Å²) in [5.41, 5.74) is 2.74. The van der Waals surface area contributed by atoms with Gasteiger partial charge in [-0.05, 0) is 18.2 Å². The van der Waals surface area contributed by atoms with Crippen LogP contribution in [0.5, 0.6) is 0 Å². The van der Waals surface area contributed by atoms with Crippen LogP contribution in [0.1, 0.15) is 5.56 Å². The highest BCUT2D eigenvalue weighted by Gasteiger charge is 2.64. The number of para-hydroxylation sites is 2. The van der Waals surface area contributed by atoms with Crippen LogP contribution >= 0.6 is 11.6 Å². The molecule has 2 aromatic carbocycles. The largest absolute Gasteiger partial charge is 0.371 e. The van der Waals surface area contributed by atoms with Gasteiger partial charge in [-0.2, -0.15) is 0 Å². The van der Waals surface area contributed by atoms with Gasteiger partial charge < -0.3 is 4.90 Å². The maximum Gasteiger partial charge on any atom is 0.248 e. The van der Waals surface area contributed by atoms with Gasteiger partial charge in [0, 0.05) is 30.5 Å². The van der Waals surface area contributed by atoms with Crippen LogP contribution in [0.2, 0.25) is 0 Å².